The zero-order chi connectivity index (χ0) is 11.5. The highest BCUT2D eigenvalue weighted by molar-refractivity contribution is 7.98. The third-order valence-electron chi connectivity index (χ3n) is 2.53. The molecule has 0 fully saturated rings. The van der Waals surface area contributed by atoms with E-state index in [-0.39, 0.29) is 0 Å². The molecular weight excluding hydrogens is 218 g/mol. The van der Waals surface area contributed by atoms with E-state index in [1.807, 2.05) is 17.8 Å². The Hall–Kier alpha value is -1.26. The van der Waals surface area contributed by atoms with Gasteiger partial charge in [-0.1, -0.05) is 12.1 Å². The molecule has 0 spiro atoms. The predicted octanol–water partition coefficient (Wildman–Crippen LogP) is 2.27. The van der Waals surface area contributed by atoms with Gasteiger partial charge in [-0.2, -0.15) is 5.10 Å². The molecule has 0 amide bonds. The van der Waals surface area contributed by atoms with Gasteiger partial charge in [-0.05, 0) is 30.0 Å². The highest BCUT2D eigenvalue weighted by atomic mass is 32.2. The number of aryl methyl sites for hydroxylation is 1. The second kappa shape index (κ2) is 4.72. The normalized spacial score (nSPS) is 10.7. The fraction of sp³-hybridized carbons (Fsp3) is 0.250. The van der Waals surface area contributed by atoms with Crippen LogP contribution in [0.2, 0.25) is 0 Å². The van der Waals surface area contributed by atoms with Crippen molar-refractivity contribution in [2.24, 2.45) is 12.8 Å². The van der Waals surface area contributed by atoms with E-state index >= 15 is 0 Å². The lowest BCUT2D eigenvalue weighted by Crippen LogP contribution is -1.98. The van der Waals surface area contributed by atoms with E-state index < -0.39 is 0 Å². The van der Waals surface area contributed by atoms with E-state index in [4.69, 9.17) is 5.73 Å². The molecule has 16 heavy (non-hydrogen) atoms. The molecule has 0 radical (unpaired) electrons. The minimum Gasteiger partial charge on any atom is -0.325 e. The minimum absolute atomic E-state index is 0.483. The van der Waals surface area contributed by atoms with Crippen molar-refractivity contribution in [3.8, 4) is 11.3 Å². The first-order valence-electron chi connectivity index (χ1n) is 5.12. The molecule has 0 unspecified atom stereocenters. The van der Waals surface area contributed by atoms with Crippen LogP contribution in [0.1, 0.15) is 5.69 Å². The van der Waals surface area contributed by atoms with Gasteiger partial charge in [-0.3, -0.25) is 4.68 Å². The molecule has 84 valence electrons. The predicted molar refractivity (Wildman–Crippen MR) is 68.3 cm³/mol. The number of nitrogens with zero attached hydrogens (tertiary/aromatic N) is 2. The largest absolute Gasteiger partial charge is 0.325 e. The summed E-state index contributed by atoms with van der Waals surface area (Å²) in [5, 5.41) is 4.33. The second-order valence-electron chi connectivity index (χ2n) is 3.58. The molecule has 0 bridgehead atoms. The lowest BCUT2D eigenvalue weighted by Gasteiger charge is -2.02. The molecule has 0 aliphatic heterocycles. The molecule has 0 saturated heterocycles. The SMILES string of the molecule is CSc1ccc(-c2cc(CN)nn2C)cc1. The van der Waals surface area contributed by atoms with Gasteiger partial charge in [0.15, 0.2) is 0 Å². The number of nitrogens with two attached hydrogens (primary N) is 1. The fourth-order valence-electron chi connectivity index (χ4n) is 1.66. The Labute approximate surface area is 99.7 Å². The second-order valence-corrected chi connectivity index (χ2v) is 4.46. The van der Waals surface area contributed by atoms with E-state index in [0.717, 1.165) is 11.4 Å². The molecule has 2 aromatic rings. The number of hydrogen-bond donors (Lipinski definition) is 1. The van der Waals surface area contributed by atoms with Crippen molar-refractivity contribution in [1.82, 2.24) is 9.78 Å². The summed E-state index contributed by atoms with van der Waals surface area (Å²) in [4.78, 5) is 1.27. The Morgan fingerprint density at radius 1 is 1.31 bits per heavy atom. The van der Waals surface area contributed by atoms with Crippen LogP contribution in [0, 0.1) is 0 Å². The van der Waals surface area contributed by atoms with Crippen LogP contribution >= 0.6 is 11.8 Å². The number of aromatic nitrogens is 2. The monoisotopic (exact) mass is 233 g/mol. The van der Waals surface area contributed by atoms with E-state index in [9.17, 15) is 0 Å². The Morgan fingerprint density at radius 3 is 2.50 bits per heavy atom. The van der Waals surface area contributed by atoms with Gasteiger partial charge in [0.25, 0.3) is 0 Å². The van der Waals surface area contributed by atoms with Crippen molar-refractivity contribution in [2.45, 2.75) is 11.4 Å². The zero-order valence-corrected chi connectivity index (χ0v) is 10.3. The molecule has 1 aromatic heterocycles. The van der Waals surface area contributed by atoms with Crippen molar-refractivity contribution in [3.63, 3.8) is 0 Å². The molecule has 0 atom stereocenters. The van der Waals surface area contributed by atoms with Crippen LogP contribution < -0.4 is 5.73 Å². The van der Waals surface area contributed by atoms with Gasteiger partial charge in [0.05, 0.1) is 11.4 Å². The Bertz CT molecular complexity index is 474. The van der Waals surface area contributed by atoms with Crippen LogP contribution in [0.3, 0.4) is 0 Å². The average molecular weight is 233 g/mol. The molecule has 3 nitrogen and oxygen atoms in total. The van der Waals surface area contributed by atoms with E-state index in [1.54, 1.807) is 11.8 Å². The summed E-state index contributed by atoms with van der Waals surface area (Å²) in [6.07, 6.45) is 2.08. The molecule has 0 aliphatic rings. The summed E-state index contributed by atoms with van der Waals surface area (Å²) < 4.78 is 1.87. The molecule has 4 heteroatoms. The third-order valence-corrected chi connectivity index (χ3v) is 3.27. The molecule has 0 saturated carbocycles. The summed E-state index contributed by atoms with van der Waals surface area (Å²) in [5.41, 5.74) is 8.78. The van der Waals surface area contributed by atoms with Crippen molar-refractivity contribution in [2.75, 3.05) is 6.26 Å². The summed E-state index contributed by atoms with van der Waals surface area (Å²) >= 11 is 1.74. The van der Waals surface area contributed by atoms with E-state index in [1.165, 1.54) is 10.5 Å². The molecule has 2 N–H and O–H groups in total. The van der Waals surface area contributed by atoms with Crippen LogP contribution in [-0.2, 0) is 13.6 Å². The summed E-state index contributed by atoms with van der Waals surface area (Å²) in [6, 6.07) is 10.5. The van der Waals surface area contributed by atoms with Crippen molar-refractivity contribution in [3.05, 3.63) is 36.0 Å². The topological polar surface area (TPSA) is 43.8 Å². The first-order chi connectivity index (χ1) is 7.74. The maximum absolute atomic E-state index is 5.58. The first-order valence-corrected chi connectivity index (χ1v) is 6.34. The van der Waals surface area contributed by atoms with Crippen LogP contribution in [-0.4, -0.2) is 16.0 Å². The number of benzene rings is 1. The van der Waals surface area contributed by atoms with Crippen molar-refractivity contribution in [1.29, 1.82) is 0 Å². The highest BCUT2D eigenvalue weighted by Crippen LogP contribution is 2.23. The van der Waals surface area contributed by atoms with E-state index in [2.05, 4.69) is 35.6 Å². The highest BCUT2D eigenvalue weighted by Gasteiger charge is 2.05. The Morgan fingerprint density at radius 2 is 2.00 bits per heavy atom. The standard InChI is InChI=1S/C12H15N3S/c1-15-12(7-10(8-13)14-15)9-3-5-11(16-2)6-4-9/h3-7H,8,13H2,1-2H3. The third kappa shape index (κ3) is 2.13. The van der Waals surface area contributed by atoms with Gasteiger partial charge >= 0.3 is 0 Å². The minimum atomic E-state index is 0.483. The van der Waals surface area contributed by atoms with Crippen LogP contribution in [0.4, 0.5) is 0 Å². The van der Waals surface area contributed by atoms with Crippen molar-refractivity contribution < 1.29 is 0 Å². The van der Waals surface area contributed by atoms with Gasteiger partial charge in [-0.25, -0.2) is 0 Å². The molecule has 1 aromatic carbocycles. The molecular formula is C12H15N3S. The lowest BCUT2D eigenvalue weighted by molar-refractivity contribution is 0.749. The Balaban J connectivity index is 2.38. The van der Waals surface area contributed by atoms with Crippen LogP contribution in [0.25, 0.3) is 11.3 Å². The fourth-order valence-corrected chi connectivity index (χ4v) is 2.07. The van der Waals surface area contributed by atoms with Gasteiger partial charge in [0.1, 0.15) is 0 Å². The van der Waals surface area contributed by atoms with Crippen molar-refractivity contribution >= 4 is 11.8 Å². The summed E-state index contributed by atoms with van der Waals surface area (Å²) in [5.74, 6) is 0. The van der Waals surface area contributed by atoms with Gasteiger partial charge in [0.2, 0.25) is 0 Å². The van der Waals surface area contributed by atoms with Gasteiger partial charge in [-0.15, -0.1) is 11.8 Å². The van der Waals surface area contributed by atoms with E-state index in [0.29, 0.717) is 6.54 Å². The Kier molecular flexibility index (Phi) is 3.31. The quantitative estimate of drug-likeness (QED) is 0.827. The van der Waals surface area contributed by atoms with Gasteiger partial charge < -0.3 is 5.73 Å². The van der Waals surface area contributed by atoms with Crippen LogP contribution in [0.15, 0.2) is 35.2 Å². The zero-order valence-electron chi connectivity index (χ0n) is 9.47. The number of rotatable bonds is 3. The molecule has 0 aliphatic carbocycles. The average Bonchev–Trinajstić information content (AvgIpc) is 2.71. The van der Waals surface area contributed by atoms with Gasteiger partial charge in [0, 0.05) is 18.5 Å². The van der Waals surface area contributed by atoms with Crippen LogP contribution in [0.5, 0.6) is 0 Å². The first kappa shape index (κ1) is 11.2. The molecule has 2 rings (SSSR count). The summed E-state index contributed by atoms with van der Waals surface area (Å²) in [7, 11) is 1.94. The number of hydrogen-bond acceptors (Lipinski definition) is 3. The molecule has 1 heterocycles. The maximum atomic E-state index is 5.58. The maximum Gasteiger partial charge on any atom is 0.0766 e. The lowest BCUT2D eigenvalue weighted by atomic mass is 10.1. The summed E-state index contributed by atoms with van der Waals surface area (Å²) in [6.45, 7) is 0.483. The smallest absolute Gasteiger partial charge is 0.0766 e. The number of thioether (sulfide) groups is 1.